The largest absolute Gasteiger partial charge is 0.392 e. The number of carbonyl (C=O) groups is 1. The number of β-amino-alcohol motifs (C(OH)–C–C–N with tert-alkyl or cyclic N) is 1. The summed E-state index contributed by atoms with van der Waals surface area (Å²) in [5.74, 6) is -0.433. The van der Waals surface area contributed by atoms with Crippen molar-refractivity contribution in [3.8, 4) is 0 Å². The summed E-state index contributed by atoms with van der Waals surface area (Å²) in [6.45, 7) is 4.18. The lowest BCUT2D eigenvalue weighted by Gasteiger charge is -2.37. The molecule has 0 saturated carbocycles. The Kier molecular flexibility index (Phi) is 11.8. The van der Waals surface area contributed by atoms with E-state index in [0.717, 1.165) is 46.3 Å². The van der Waals surface area contributed by atoms with Gasteiger partial charge >= 0.3 is 0 Å². The van der Waals surface area contributed by atoms with E-state index in [4.69, 9.17) is 9.47 Å². The van der Waals surface area contributed by atoms with E-state index < -0.39 is 28.3 Å². The minimum Gasteiger partial charge on any atom is -0.392 e. The maximum atomic E-state index is 13.5. The Morgan fingerprint density at radius 1 is 0.880 bits per heavy atom. The summed E-state index contributed by atoms with van der Waals surface area (Å²) in [5, 5.41) is 22.5. The summed E-state index contributed by atoms with van der Waals surface area (Å²) in [6.07, 6.45) is 0.315. The quantitative estimate of drug-likeness (QED) is 0.162. The molecule has 5 atom stereocenters. The predicted molar refractivity (Wildman–Crippen MR) is 189 cm³/mol. The van der Waals surface area contributed by atoms with Crippen molar-refractivity contribution >= 4 is 15.9 Å². The summed E-state index contributed by atoms with van der Waals surface area (Å²) in [6, 6.07) is 30.2. The van der Waals surface area contributed by atoms with Crippen LogP contribution in [-0.2, 0) is 43.9 Å². The summed E-state index contributed by atoms with van der Waals surface area (Å²) in [5.41, 5.74) is 5.26. The third-order valence-electron chi connectivity index (χ3n) is 9.27. The Morgan fingerprint density at radius 3 is 2.22 bits per heavy atom. The number of likely N-dealkylation sites (tertiary alicyclic amines) is 1. The van der Waals surface area contributed by atoms with Crippen LogP contribution in [-0.4, -0.2) is 67.3 Å². The fourth-order valence-corrected chi connectivity index (χ4v) is 7.61. The molecule has 4 aromatic rings. The fourth-order valence-electron chi connectivity index (χ4n) is 6.41. The molecule has 11 heteroatoms. The van der Waals surface area contributed by atoms with Gasteiger partial charge in [-0.2, -0.15) is 4.72 Å². The molecule has 4 aromatic carbocycles. The lowest BCUT2D eigenvalue weighted by atomic mass is 9.99. The number of ether oxygens (including phenoxy) is 2. The van der Waals surface area contributed by atoms with Crippen LogP contribution >= 0.6 is 0 Å². The van der Waals surface area contributed by atoms with E-state index in [2.05, 4.69) is 14.9 Å². The van der Waals surface area contributed by atoms with Crippen LogP contribution in [0.3, 0.4) is 0 Å². The van der Waals surface area contributed by atoms with Crippen molar-refractivity contribution in [2.24, 2.45) is 0 Å². The van der Waals surface area contributed by atoms with Gasteiger partial charge in [-0.1, -0.05) is 96.6 Å². The van der Waals surface area contributed by atoms with Gasteiger partial charge in [-0.3, -0.25) is 9.69 Å². The molecule has 2 saturated heterocycles. The average molecular weight is 700 g/mol. The van der Waals surface area contributed by atoms with E-state index in [1.165, 1.54) is 12.1 Å². The standard InChI is InChI=1S/C39H45N3O7S/c1-27-7-17-35(18-8-27)50(46,47)41-36(21-28-5-3-2-4-6-28)38(45)40-23-29-9-15-32(16-10-29)39-48-34(25-42-20-19-33(44)24-42)22-37(49-39)31-13-11-30(26-43)12-14-31/h2-18,33-34,36-37,39,41,43-44H,19-26H2,1H3,(H,40,45)/t33-,34-,36+,37+,39+/m0/s1. The van der Waals surface area contributed by atoms with E-state index in [-0.39, 0.29) is 42.8 Å². The molecule has 2 heterocycles. The monoisotopic (exact) mass is 699 g/mol. The average Bonchev–Trinajstić information content (AvgIpc) is 3.54. The Hall–Kier alpha value is -3.94. The van der Waals surface area contributed by atoms with Gasteiger partial charge < -0.3 is 25.0 Å². The van der Waals surface area contributed by atoms with Gasteiger partial charge in [0.25, 0.3) is 0 Å². The van der Waals surface area contributed by atoms with Crippen LogP contribution in [0.15, 0.2) is 108 Å². The number of hydrogen-bond acceptors (Lipinski definition) is 8. The second kappa shape index (κ2) is 16.4. The van der Waals surface area contributed by atoms with Gasteiger partial charge in [0.05, 0.1) is 29.8 Å². The Bertz CT molecular complexity index is 1800. The lowest BCUT2D eigenvalue weighted by Crippen LogP contribution is -2.47. The molecular weight excluding hydrogens is 655 g/mol. The highest BCUT2D eigenvalue weighted by Gasteiger charge is 2.34. The first kappa shape index (κ1) is 35.9. The normalized spacial score (nSPS) is 21.9. The molecule has 0 aromatic heterocycles. The van der Waals surface area contributed by atoms with Gasteiger partial charge in [-0.05, 0) is 54.2 Å². The van der Waals surface area contributed by atoms with E-state index in [0.29, 0.717) is 19.5 Å². The molecule has 0 radical (unpaired) electrons. The van der Waals surface area contributed by atoms with E-state index in [1.807, 2.05) is 85.8 Å². The van der Waals surface area contributed by atoms with Crippen molar-refractivity contribution in [3.63, 3.8) is 0 Å². The minimum absolute atomic E-state index is 0.0268. The maximum Gasteiger partial charge on any atom is 0.241 e. The van der Waals surface area contributed by atoms with Gasteiger partial charge in [0.1, 0.15) is 6.04 Å². The van der Waals surface area contributed by atoms with Gasteiger partial charge in [0, 0.05) is 38.2 Å². The highest BCUT2D eigenvalue weighted by Crippen LogP contribution is 2.38. The molecule has 4 N–H and O–H groups in total. The predicted octanol–water partition coefficient (Wildman–Crippen LogP) is 4.31. The molecule has 6 rings (SSSR count). The first-order valence-electron chi connectivity index (χ1n) is 17.1. The Labute approximate surface area is 294 Å². The van der Waals surface area contributed by atoms with Gasteiger partial charge in [-0.25, -0.2) is 8.42 Å². The zero-order chi connectivity index (χ0) is 35.1. The number of amides is 1. The van der Waals surface area contributed by atoms with E-state index in [9.17, 15) is 23.4 Å². The number of hydrogen-bond donors (Lipinski definition) is 4. The van der Waals surface area contributed by atoms with Crippen molar-refractivity contribution < 1.29 is 32.9 Å². The summed E-state index contributed by atoms with van der Waals surface area (Å²) in [4.78, 5) is 15.8. The molecule has 2 aliphatic heterocycles. The molecule has 2 fully saturated rings. The number of aliphatic hydroxyl groups excluding tert-OH is 2. The zero-order valence-corrected chi connectivity index (χ0v) is 29.0. The minimum atomic E-state index is -3.95. The second-order valence-corrected chi connectivity index (χ2v) is 14.9. The second-order valence-electron chi connectivity index (χ2n) is 13.2. The molecule has 0 bridgehead atoms. The number of nitrogens with one attached hydrogen (secondary N) is 2. The van der Waals surface area contributed by atoms with E-state index in [1.54, 1.807) is 12.1 Å². The molecule has 0 aliphatic carbocycles. The van der Waals surface area contributed by atoms with Crippen LogP contribution in [0.4, 0.5) is 0 Å². The Balaban J connectivity index is 1.13. The molecule has 0 unspecified atom stereocenters. The molecule has 264 valence electrons. The van der Waals surface area contributed by atoms with Crippen molar-refractivity contribution in [3.05, 3.63) is 137 Å². The number of nitrogens with zero attached hydrogens (tertiary/aromatic N) is 1. The fraction of sp³-hybridized carbons (Fsp3) is 0.359. The highest BCUT2D eigenvalue weighted by atomic mass is 32.2. The van der Waals surface area contributed by atoms with Crippen LogP contribution in [0.2, 0.25) is 0 Å². The number of sulfonamides is 1. The molecule has 2 aliphatic rings. The van der Waals surface area contributed by atoms with Crippen molar-refractivity contribution in [2.75, 3.05) is 19.6 Å². The number of carbonyl (C=O) groups excluding carboxylic acids is 1. The molecule has 0 spiro atoms. The van der Waals surface area contributed by atoms with Crippen LogP contribution in [0.5, 0.6) is 0 Å². The number of benzene rings is 4. The van der Waals surface area contributed by atoms with Crippen LogP contribution in [0, 0.1) is 6.92 Å². The first-order valence-corrected chi connectivity index (χ1v) is 18.5. The van der Waals surface area contributed by atoms with Gasteiger partial charge in [0.15, 0.2) is 6.29 Å². The molecule has 10 nitrogen and oxygen atoms in total. The number of aliphatic hydroxyl groups is 2. The maximum absolute atomic E-state index is 13.5. The third kappa shape index (κ3) is 9.43. The van der Waals surface area contributed by atoms with Crippen molar-refractivity contribution in [1.29, 1.82) is 0 Å². The third-order valence-corrected chi connectivity index (χ3v) is 10.8. The van der Waals surface area contributed by atoms with Crippen LogP contribution in [0.25, 0.3) is 0 Å². The highest BCUT2D eigenvalue weighted by molar-refractivity contribution is 7.89. The van der Waals surface area contributed by atoms with Crippen LogP contribution in [0.1, 0.15) is 58.6 Å². The molecular formula is C39H45N3O7S. The molecule has 1 amide bonds. The van der Waals surface area contributed by atoms with Crippen molar-refractivity contribution in [2.45, 2.75) is 74.9 Å². The topological polar surface area (TPSA) is 137 Å². The van der Waals surface area contributed by atoms with Gasteiger partial charge in [-0.15, -0.1) is 0 Å². The molecule has 50 heavy (non-hydrogen) atoms. The summed E-state index contributed by atoms with van der Waals surface area (Å²) < 4.78 is 42.1. The van der Waals surface area contributed by atoms with E-state index >= 15 is 0 Å². The zero-order valence-electron chi connectivity index (χ0n) is 28.1. The number of aryl methyl sites for hydroxylation is 1. The lowest BCUT2D eigenvalue weighted by molar-refractivity contribution is -0.252. The summed E-state index contributed by atoms with van der Waals surface area (Å²) in [7, 11) is -3.95. The number of rotatable bonds is 13. The first-order chi connectivity index (χ1) is 24.1. The van der Waals surface area contributed by atoms with Gasteiger partial charge in [0.2, 0.25) is 15.9 Å². The smallest absolute Gasteiger partial charge is 0.241 e. The van der Waals surface area contributed by atoms with Crippen LogP contribution < -0.4 is 10.0 Å². The Morgan fingerprint density at radius 2 is 1.56 bits per heavy atom. The summed E-state index contributed by atoms with van der Waals surface area (Å²) >= 11 is 0. The SMILES string of the molecule is Cc1ccc(S(=O)(=O)N[C@H](Cc2ccccc2)C(=O)NCc2ccc([C@@H]3O[C@H](CN4CC[C@H](O)C4)C[C@H](c4ccc(CO)cc4)O3)cc2)cc1. The van der Waals surface area contributed by atoms with Crippen molar-refractivity contribution in [1.82, 2.24) is 14.9 Å².